The van der Waals surface area contributed by atoms with E-state index in [9.17, 15) is 0 Å². The van der Waals surface area contributed by atoms with Gasteiger partial charge in [0.05, 0.1) is 0 Å². The Morgan fingerprint density at radius 2 is 0.158 bits per heavy atom. The first-order chi connectivity index (χ1) is 4.00. The van der Waals surface area contributed by atoms with Gasteiger partial charge >= 0.3 is 0 Å². The van der Waals surface area contributed by atoms with Gasteiger partial charge in [0.2, 0.25) is 0 Å². The van der Waals surface area contributed by atoms with E-state index < -0.39 is 0 Å². The topological polar surface area (TPSA) is 0 Å². The van der Waals surface area contributed by atoms with Crippen LogP contribution >= 0.6 is 0 Å². The predicted molar refractivity (Wildman–Crippen MR) is 119 cm³/mol. The van der Waals surface area contributed by atoms with Gasteiger partial charge < -0.3 is 0 Å². The first kappa shape index (κ1) is 385. The van der Waals surface area contributed by atoms with Crippen LogP contribution in [0.5, 0.6) is 0 Å². The smallest absolute Gasteiger partial charge is 0.0683 e. The lowest BCUT2D eigenvalue weighted by atomic mass is 11.0. The van der Waals surface area contributed by atoms with Gasteiger partial charge in [-0.1, -0.05) is 137 Å². The second kappa shape index (κ2) is 0. The molecule has 0 unspecified atom stereocenters. The van der Waals surface area contributed by atoms with Crippen molar-refractivity contribution in [3.8, 4) is 0 Å². The number of hydrogen-bond donors (Lipinski definition) is 0. The zero-order valence-electron chi connectivity index (χ0n) is 8.00. The molecule has 19 heavy (non-hydrogen) atoms. The molecule has 0 saturated heterocycles. The summed E-state index contributed by atoms with van der Waals surface area (Å²) < 4.78 is 0. The fourth-order valence-corrected chi connectivity index (χ4v) is 0. The molecule has 0 atom stereocenters. The van der Waals surface area contributed by atoms with Crippen molar-refractivity contribution in [2.75, 3.05) is 0 Å². The van der Waals surface area contributed by atoms with Crippen molar-refractivity contribution in [1.82, 2.24) is 0 Å². The van der Waals surface area contributed by atoms with Crippen molar-refractivity contribution in [3.63, 3.8) is 0 Å². The molecule has 0 aromatic carbocycles. The molecule has 0 aromatic heterocycles. The molecule has 0 aliphatic rings. The molecule has 0 rings (SSSR count). The van der Waals surface area contributed by atoms with Crippen LogP contribution in [0, 0.1) is 0 Å². The lowest BCUT2D eigenvalue weighted by molar-refractivity contribution is 1.50. The quantitative estimate of drug-likeness (QED) is 0.417. The van der Waals surface area contributed by atoms with E-state index in [1.54, 1.807) is 0 Å². The Labute approximate surface area is 137 Å². The van der Waals surface area contributed by atoms with Gasteiger partial charge in [-0.05, 0) is 0 Å². The molecule has 0 heteroatoms. The monoisotopic (exact) mass is 297 g/mol. The van der Waals surface area contributed by atoms with Crippen molar-refractivity contribution in [3.05, 3.63) is 0 Å². The molecule has 144 valence electrons. The minimum atomic E-state index is 0. The standard InChI is InChI=1S/4C2H6.11CH4/c4*1-2;;;;;;;;;;;/h4*1-2H3;11*1H4. The van der Waals surface area contributed by atoms with Gasteiger partial charge in [-0.3, -0.25) is 0 Å². The van der Waals surface area contributed by atoms with Crippen molar-refractivity contribution in [2.24, 2.45) is 0 Å². The van der Waals surface area contributed by atoms with Crippen LogP contribution in [0.4, 0.5) is 0 Å². The highest BCUT2D eigenvalue weighted by Crippen LogP contribution is 1.15. The van der Waals surface area contributed by atoms with Gasteiger partial charge in [0.1, 0.15) is 0 Å². The lowest BCUT2D eigenvalue weighted by Gasteiger charge is -1.07. The fraction of sp³-hybridized carbons (Fsp3) is 1.00. The molecule has 0 bridgehead atoms. The normalized spacial score (nSPS) is 1.26. The average Bonchev–Trinajstić information content (AvgIpc) is 2.03. The Kier molecular flexibility index (Phi) is 0. The summed E-state index contributed by atoms with van der Waals surface area (Å²) in [4.78, 5) is 0. The van der Waals surface area contributed by atoms with E-state index in [1.165, 1.54) is 0 Å². The molecular formula is C19H68. The highest BCUT2D eigenvalue weighted by atomic mass is 13.0. The summed E-state index contributed by atoms with van der Waals surface area (Å²) in [6, 6.07) is 0. The SMILES string of the molecule is C.C.C.C.C.C.C.C.C.C.C.CC.CC.CC.CC. The van der Waals surface area contributed by atoms with E-state index in [-0.39, 0.29) is 81.7 Å². The Bertz CT molecular complexity index is 0. The van der Waals surface area contributed by atoms with E-state index in [2.05, 4.69) is 0 Å². The minimum Gasteiger partial charge on any atom is -0.0776 e. The number of hydrogen-bond acceptors (Lipinski definition) is 0. The third-order valence-corrected chi connectivity index (χ3v) is 0. The molecule has 0 nitrogen and oxygen atoms in total. The highest BCUT2D eigenvalue weighted by Gasteiger charge is 0.938. The average molecular weight is 297 g/mol. The third kappa shape index (κ3) is 0. The van der Waals surface area contributed by atoms with Gasteiger partial charge in [-0.2, -0.15) is 0 Å². The molecule has 0 saturated carbocycles. The number of rotatable bonds is 0. The third-order valence-electron chi connectivity index (χ3n) is 0. The molecule has 0 aromatic rings. The second-order valence-electron chi connectivity index (χ2n) is 0. The van der Waals surface area contributed by atoms with Crippen LogP contribution in [0.1, 0.15) is 137 Å². The van der Waals surface area contributed by atoms with Gasteiger partial charge in [-0.15, -0.1) is 0 Å². The fourth-order valence-electron chi connectivity index (χ4n) is 0. The van der Waals surface area contributed by atoms with Crippen molar-refractivity contribution in [1.29, 1.82) is 0 Å². The molecule has 0 radical (unpaired) electrons. The first-order valence-corrected chi connectivity index (χ1v) is 4.00. The summed E-state index contributed by atoms with van der Waals surface area (Å²) in [6.07, 6.45) is 0. The molecule has 0 N–H and O–H groups in total. The second-order valence-corrected chi connectivity index (χ2v) is 0. The molecule has 0 spiro atoms. The van der Waals surface area contributed by atoms with Crippen LogP contribution in [0.15, 0.2) is 0 Å². The van der Waals surface area contributed by atoms with Gasteiger partial charge in [0.25, 0.3) is 0 Å². The van der Waals surface area contributed by atoms with E-state index >= 15 is 0 Å². The summed E-state index contributed by atoms with van der Waals surface area (Å²) in [5.41, 5.74) is 0. The van der Waals surface area contributed by atoms with E-state index in [0.29, 0.717) is 0 Å². The van der Waals surface area contributed by atoms with Crippen LogP contribution in [0.2, 0.25) is 0 Å². The molecule has 0 aliphatic heterocycles. The summed E-state index contributed by atoms with van der Waals surface area (Å²) in [6.45, 7) is 16.0. The minimum absolute atomic E-state index is 0. The summed E-state index contributed by atoms with van der Waals surface area (Å²) in [5, 5.41) is 0. The molecule has 0 fully saturated rings. The van der Waals surface area contributed by atoms with Crippen LogP contribution in [0.3, 0.4) is 0 Å². The van der Waals surface area contributed by atoms with Crippen LogP contribution in [-0.2, 0) is 0 Å². The maximum Gasteiger partial charge on any atom is -0.0683 e. The van der Waals surface area contributed by atoms with Crippen LogP contribution in [-0.4, -0.2) is 0 Å². The summed E-state index contributed by atoms with van der Waals surface area (Å²) in [7, 11) is 0. The lowest BCUT2D eigenvalue weighted by Crippen LogP contribution is -0.856. The Hall–Kier alpha value is 0. The summed E-state index contributed by atoms with van der Waals surface area (Å²) >= 11 is 0. The first-order valence-electron chi connectivity index (χ1n) is 4.00. The molecule has 0 amide bonds. The Balaban J connectivity index is -0.000000000724. The van der Waals surface area contributed by atoms with Crippen LogP contribution in [0.25, 0.3) is 0 Å². The highest BCUT2D eigenvalue weighted by molar-refractivity contribution is 3.51. The van der Waals surface area contributed by atoms with E-state index in [1.807, 2.05) is 55.4 Å². The largest absolute Gasteiger partial charge is 0.0776 e. The van der Waals surface area contributed by atoms with Crippen molar-refractivity contribution in [2.45, 2.75) is 137 Å². The van der Waals surface area contributed by atoms with Gasteiger partial charge in [0, 0.05) is 0 Å². The maximum absolute atomic E-state index is 2.00. The van der Waals surface area contributed by atoms with E-state index in [0.717, 1.165) is 0 Å². The molecule has 0 aliphatic carbocycles. The molecular weight excluding hydrogens is 228 g/mol. The Morgan fingerprint density at radius 1 is 0.158 bits per heavy atom. The van der Waals surface area contributed by atoms with Crippen molar-refractivity contribution >= 4 is 0 Å². The van der Waals surface area contributed by atoms with Gasteiger partial charge in [0.15, 0.2) is 0 Å². The Morgan fingerprint density at radius 3 is 0.158 bits per heavy atom. The summed E-state index contributed by atoms with van der Waals surface area (Å²) in [5.74, 6) is 0. The predicted octanol–water partition coefficient (Wildman–Crippen LogP) is 11.1. The van der Waals surface area contributed by atoms with Crippen LogP contribution < -0.4 is 0 Å². The molecule has 0 heterocycles. The zero-order chi connectivity index (χ0) is 8.00. The van der Waals surface area contributed by atoms with E-state index in [4.69, 9.17) is 0 Å². The zero-order valence-corrected chi connectivity index (χ0v) is 8.00. The van der Waals surface area contributed by atoms with Crippen molar-refractivity contribution < 1.29 is 0 Å². The maximum atomic E-state index is 2.00. The van der Waals surface area contributed by atoms with Gasteiger partial charge in [-0.25, -0.2) is 0 Å².